The van der Waals surface area contributed by atoms with Crippen molar-refractivity contribution in [2.75, 3.05) is 19.6 Å². The molecule has 38 heavy (non-hydrogen) atoms. The van der Waals surface area contributed by atoms with Gasteiger partial charge in [-0.2, -0.15) is 0 Å². The van der Waals surface area contributed by atoms with Crippen molar-refractivity contribution in [1.29, 1.82) is 0 Å². The van der Waals surface area contributed by atoms with Gasteiger partial charge < -0.3 is 14.2 Å². The number of halogens is 2. The Balaban J connectivity index is 1.29. The van der Waals surface area contributed by atoms with E-state index in [1.165, 1.54) is 17.7 Å². The molecule has 0 bridgehead atoms. The van der Waals surface area contributed by atoms with Crippen LogP contribution in [-0.2, 0) is 13.2 Å². The Labute approximate surface area is 227 Å². The maximum Gasteiger partial charge on any atom is 0.159 e. The number of nitrogens with zero attached hydrogens (tertiary/aromatic N) is 4. The summed E-state index contributed by atoms with van der Waals surface area (Å²) in [5.41, 5.74) is 4.71. The Morgan fingerprint density at radius 3 is 2.58 bits per heavy atom. The number of hydrogen-bond acceptors (Lipinski definition) is 4. The second kappa shape index (κ2) is 11.8. The van der Waals surface area contributed by atoms with Crippen molar-refractivity contribution in [2.24, 2.45) is 0 Å². The molecular weight excluding hydrogens is 499 g/mol. The standard InChI is InChI=1S/C31H30ClFN4O/c1-3-36(4-2)14-15-37-13-12-25(20-37)23-8-10-29-26(17-23)19-34-31(35-29)24-9-11-30(28(32)18-24)38-21-22-6-5-7-27(33)16-22/h5-13,16-20H,3-4,14-15,21H2,1-2H3. The summed E-state index contributed by atoms with van der Waals surface area (Å²) in [6.45, 7) is 8.77. The Morgan fingerprint density at radius 2 is 1.79 bits per heavy atom. The van der Waals surface area contributed by atoms with E-state index in [1.807, 2.05) is 24.4 Å². The molecule has 0 N–H and O–H groups in total. The SMILES string of the molecule is CCN(CC)CCn1ccc(-c2ccc3nc(-c4ccc(OCc5cccc(F)c5)c(Cl)c4)ncc3c2)c1. The van der Waals surface area contributed by atoms with E-state index in [0.717, 1.165) is 53.8 Å². The number of hydrogen-bond donors (Lipinski definition) is 0. The molecule has 0 radical (unpaired) electrons. The predicted octanol–water partition coefficient (Wildman–Crippen LogP) is 7.48. The van der Waals surface area contributed by atoms with E-state index in [2.05, 4.69) is 58.9 Å². The third-order valence-corrected chi connectivity index (χ3v) is 7.00. The fourth-order valence-electron chi connectivity index (χ4n) is 4.44. The van der Waals surface area contributed by atoms with Gasteiger partial charge in [0, 0.05) is 42.6 Å². The van der Waals surface area contributed by atoms with Crippen molar-refractivity contribution in [3.05, 3.63) is 102 Å². The third kappa shape index (κ3) is 6.04. The van der Waals surface area contributed by atoms with Crippen LogP contribution in [0.1, 0.15) is 19.4 Å². The molecule has 5 nitrogen and oxygen atoms in total. The van der Waals surface area contributed by atoms with Gasteiger partial charge in [0.05, 0.1) is 10.5 Å². The van der Waals surface area contributed by atoms with Crippen LogP contribution in [0.3, 0.4) is 0 Å². The highest BCUT2D eigenvalue weighted by Gasteiger charge is 2.10. The zero-order chi connectivity index (χ0) is 26.5. The maximum absolute atomic E-state index is 13.4. The molecule has 0 saturated heterocycles. The summed E-state index contributed by atoms with van der Waals surface area (Å²) >= 11 is 6.48. The molecule has 0 aliphatic rings. The van der Waals surface area contributed by atoms with Crippen molar-refractivity contribution in [3.8, 4) is 28.3 Å². The van der Waals surface area contributed by atoms with Gasteiger partial charge in [0.25, 0.3) is 0 Å². The van der Waals surface area contributed by atoms with Gasteiger partial charge >= 0.3 is 0 Å². The molecule has 0 saturated carbocycles. The van der Waals surface area contributed by atoms with Crippen LogP contribution >= 0.6 is 11.6 Å². The van der Waals surface area contributed by atoms with Gasteiger partial charge in [0.15, 0.2) is 5.82 Å². The van der Waals surface area contributed by atoms with Gasteiger partial charge in [-0.05, 0) is 78.3 Å². The molecule has 194 valence electrons. The summed E-state index contributed by atoms with van der Waals surface area (Å²) in [6.07, 6.45) is 6.18. The molecule has 5 rings (SSSR count). The first-order valence-corrected chi connectivity index (χ1v) is 13.2. The summed E-state index contributed by atoms with van der Waals surface area (Å²) in [7, 11) is 0. The average Bonchev–Trinajstić information content (AvgIpc) is 3.41. The Hall–Kier alpha value is -3.74. The first-order chi connectivity index (χ1) is 18.5. The summed E-state index contributed by atoms with van der Waals surface area (Å²) in [5.74, 6) is 0.818. The van der Waals surface area contributed by atoms with Crippen LogP contribution in [0.25, 0.3) is 33.4 Å². The normalized spacial score (nSPS) is 11.4. The van der Waals surface area contributed by atoms with Crippen LogP contribution in [0.5, 0.6) is 5.75 Å². The van der Waals surface area contributed by atoms with Gasteiger partial charge in [0.1, 0.15) is 18.2 Å². The lowest BCUT2D eigenvalue weighted by atomic mass is 10.1. The fourth-order valence-corrected chi connectivity index (χ4v) is 4.68. The van der Waals surface area contributed by atoms with E-state index < -0.39 is 0 Å². The Kier molecular flexibility index (Phi) is 8.01. The smallest absolute Gasteiger partial charge is 0.159 e. The van der Waals surface area contributed by atoms with Crippen molar-refractivity contribution in [3.63, 3.8) is 0 Å². The monoisotopic (exact) mass is 528 g/mol. The van der Waals surface area contributed by atoms with Crippen LogP contribution in [-0.4, -0.2) is 39.1 Å². The number of benzene rings is 3. The van der Waals surface area contributed by atoms with Crippen LogP contribution < -0.4 is 4.74 Å². The number of likely N-dealkylation sites (N-methyl/N-ethyl adjacent to an activating group) is 1. The average molecular weight is 529 g/mol. The topological polar surface area (TPSA) is 43.2 Å². The molecule has 0 aliphatic carbocycles. The van der Waals surface area contributed by atoms with E-state index in [9.17, 15) is 4.39 Å². The Bertz CT molecular complexity index is 1550. The highest BCUT2D eigenvalue weighted by Crippen LogP contribution is 2.31. The zero-order valence-corrected chi connectivity index (χ0v) is 22.3. The molecule has 0 amide bonds. The highest BCUT2D eigenvalue weighted by atomic mass is 35.5. The van der Waals surface area contributed by atoms with Crippen LogP contribution in [0, 0.1) is 5.82 Å². The van der Waals surface area contributed by atoms with Gasteiger partial charge in [-0.3, -0.25) is 0 Å². The molecule has 0 unspecified atom stereocenters. The van der Waals surface area contributed by atoms with Gasteiger partial charge in [0.2, 0.25) is 0 Å². The molecule has 2 aromatic heterocycles. The van der Waals surface area contributed by atoms with Crippen molar-refractivity contribution >= 4 is 22.5 Å². The van der Waals surface area contributed by atoms with Crippen LogP contribution in [0.4, 0.5) is 4.39 Å². The van der Waals surface area contributed by atoms with Gasteiger partial charge in [-0.25, -0.2) is 14.4 Å². The third-order valence-electron chi connectivity index (χ3n) is 6.71. The first kappa shape index (κ1) is 25.9. The van der Waals surface area contributed by atoms with E-state index in [-0.39, 0.29) is 12.4 Å². The number of ether oxygens (including phenoxy) is 1. The molecule has 0 spiro atoms. The molecule has 0 atom stereocenters. The predicted molar refractivity (Wildman–Crippen MR) is 152 cm³/mol. The van der Waals surface area contributed by atoms with E-state index in [0.29, 0.717) is 16.6 Å². The van der Waals surface area contributed by atoms with Gasteiger partial charge in [-0.15, -0.1) is 0 Å². The van der Waals surface area contributed by atoms with Crippen molar-refractivity contribution in [1.82, 2.24) is 19.4 Å². The molecule has 3 aromatic carbocycles. The number of rotatable bonds is 10. The minimum absolute atomic E-state index is 0.227. The lowest BCUT2D eigenvalue weighted by molar-refractivity contribution is 0.291. The molecule has 7 heteroatoms. The molecule has 0 aliphatic heterocycles. The highest BCUT2D eigenvalue weighted by molar-refractivity contribution is 6.32. The first-order valence-electron chi connectivity index (χ1n) is 12.8. The van der Waals surface area contributed by atoms with Gasteiger partial charge in [-0.1, -0.05) is 43.6 Å². The lowest BCUT2D eigenvalue weighted by Gasteiger charge is -2.17. The molecule has 5 aromatic rings. The zero-order valence-electron chi connectivity index (χ0n) is 21.6. The quantitative estimate of drug-likeness (QED) is 0.188. The number of aromatic nitrogens is 3. The number of fused-ring (bicyclic) bond motifs is 1. The summed E-state index contributed by atoms with van der Waals surface area (Å²) in [6, 6.07) is 20.2. The van der Waals surface area contributed by atoms with E-state index >= 15 is 0 Å². The fraction of sp³-hybridized carbons (Fsp3) is 0.226. The Morgan fingerprint density at radius 1 is 0.947 bits per heavy atom. The van der Waals surface area contributed by atoms with E-state index in [1.54, 1.807) is 18.2 Å². The molecular formula is C31H30ClFN4O. The summed E-state index contributed by atoms with van der Waals surface area (Å²) in [5, 5.41) is 1.42. The summed E-state index contributed by atoms with van der Waals surface area (Å²) < 4.78 is 21.4. The second-order valence-electron chi connectivity index (χ2n) is 9.20. The van der Waals surface area contributed by atoms with Crippen molar-refractivity contribution < 1.29 is 9.13 Å². The molecule has 2 heterocycles. The molecule has 0 fully saturated rings. The minimum Gasteiger partial charge on any atom is -0.487 e. The van der Waals surface area contributed by atoms with Crippen LogP contribution in [0.2, 0.25) is 5.02 Å². The lowest BCUT2D eigenvalue weighted by Crippen LogP contribution is -2.26. The van der Waals surface area contributed by atoms with Crippen molar-refractivity contribution in [2.45, 2.75) is 27.0 Å². The maximum atomic E-state index is 13.4. The second-order valence-corrected chi connectivity index (χ2v) is 9.60. The minimum atomic E-state index is -0.294. The van der Waals surface area contributed by atoms with E-state index in [4.69, 9.17) is 21.3 Å². The van der Waals surface area contributed by atoms with Crippen LogP contribution in [0.15, 0.2) is 85.3 Å². The summed E-state index contributed by atoms with van der Waals surface area (Å²) in [4.78, 5) is 11.8. The largest absolute Gasteiger partial charge is 0.487 e.